The van der Waals surface area contributed by atoms with E-state index < -0.39 is 11.0 Å². The van der Waals surface area contributed by atoms with Crippen molar-refractivity contribution in [2.45, 2.75) is 30.1 Å². The molecule has 2 aromatic carbocycles. The van der Waals surface area contributed by atoms with Crippen molar-refractivity contribution in [1.82, 2.24) is 4.98 Å². The molecule has 5 rings (SSSR count). The van der Waals surface area contributed by atoms with Crippen LogP contribution in [-0.4, -0.2) is 15.7 Å². The Morgan fingerprint density at radius 1 is 1.04 bits per heavy atom. The third-order valence-electron chi connectivity index (χ3n) is 5.20. The van der Waals surface area contributed by atoms with E-state index in [1.54, 1.807) is 12.3 Å². The fourth-order valence-corrected chi connectivity index (χ4v) is 5.25. The summed E-state index contributed by atoms with van der Waals surface area (Å²) in [5.74, 6) is 0.694. The minimum Gasteiger partial charge on any atom is -0.329 e. The molecule has 1 aliphatic carbocycles. The van der Waals surface area contributed by atoms with Gasteiger partial charge in [0.15, 0.2) is 11.0 Å². The van der Waals surface area contributed by atoms with Crippen molar-refractivity contribution in [3.05, 3.63) is 70.1 Å². The molecule has 1 fully saturated rings. The summed E-state index contributed by atoms with van der Waals surface area (Å²) in [4.78, 5) is 15.4. The SMILES string of the molecule is O=c1[nH]ccc2c(S(=O)N3CCc4c(C5CC5)cccc43)cccc12. The Bertz CT molecular complexity index is 1070. The van der Waals surface area contributed by atoms with Crippen LogP contribution >= 0.6 is 0 Å². The van der Waals surface area contributed by atoms with E-state index in [2.05, 4.69) is 23.2 Å². The molecule has 0 saturated heterocycles. The number of aromatic amines is 1. The highest BCUT2D eigenvalue weighted by atomic mass is 32.2. The number of pyridine rings is 1. The van der Waals surface area contributed by atoms with Crippen LogP contribution in [0.2, 0.25) is 0 Å². The smallest absolute Gasteiger partial charge is 0.255 e. The Hall–Kier alpha value is -2.40. The quantitative estimate of drug-likeness (QED) is 0.786. The lowest BCUT2D eigenvalue weighted by atomic mass is 10.0. The lowest BCUT2D eigenvalue weighted by Crippen LogP contribution is -2.23. The van der Waals surface area contributed by atoms with Crippen LogP contribution in [0.1, 0.15) is 29.9 Å². The first-order valence-corrected chi connectivity index (χ1v) is 9.76. The highest BCUT2D eigenvalue weighted by molar-refractivity contribution is 7.86. The molecule has 2 aliphatic rings. The van der Waals surface area contributed by atoms with Crippen molar-refractivity contribution < 1.29 is 4.21 Å². The largest absolute Gasteiger partial charge is 0.329 e. The van der Waals surface area contributed by atoms with Crippen LogP contribution in [-0.2, 0) is 17.4 Å². The van der Waals surface area contributed by atoms with Gasteiger partial charge in [-0.05, 0) is 60.6 Å². The molecule has 1 N–H and O–H groups in total. The van der Waals surface area contributed by atoms with Crippen LogP contribution in [0.4, 0.5) is 5.69 Å². The number of nitrogens with one attached hydrogen (secondary N) is 1. The number of nitrogens with zero attached hydrogens (tertiary/aromatic N) is 1. The predicted molar refractivity (Wildman–Crippen MR) is 100 cm³/mol. The van der Waals surface area contributed by atoms with Gasteiger partial charge in [0.05, 0.1) is 10.6 Å². The van der Waals surface area contributed by atoms with Gasteiger partial charge in [-0.15, -0.1) is 0 Å². The van der Waals surface area contributed by atoms with Gasteiger partial charge in [0.2, 0.25) is 0 Å². The molecule has 1 aliphatic heterocycles. The minimum atomic E-state index is -1.32. The van der Waals surface area contributed by atoms with Gasteiger partial charge >= 0.3 is 0 Å². The van der Waals surface area contributed by atoms with Gasteiger partial charge in [0, 0.05) is 23.5 Å². The first kappa shape index (κ1) is 14.9. The molecule has 1 saturated carbocycles. The zero-order valence-corrected chi connectivity index (χ0v) is 14.5. The maximum absolute atomic E-state index is 13.4. The van der Waals surface area contributed by atoms with Gasteiger partial charge in [0.1, 0.15) is 0 Å². The summed E-state index contributed by atoms with van der Waals surface area (Å²) in [5, 5.41) is 1.34. The van der Waals surface area contributed by atoms with E-state index in [0.29, 0.717) is 16.2 Å². The molecule has 1 atom stereocenters. The lowest BCUT2D eigenvalue weighted by Gasteiger charge is -2.19. The summed E-state index contributed by atoms with van der Waals surface area (Å²) in [7, 11) is -1.32. The second kappa shape index (κ2) is 5.56. The van der Waals surface area contributed by atoms with Crippen molar-refractivity contribution in [3.63, 3.8) is 0 Å². The van der Waals surface area contributed by atoms with Gasteiger partial charge in [-0.2, -0.15) is 0 Å². The van der Waals surface area contributed by atoms with Crippen molar-refractivity contribution in [2.24, 2.45) is 0 Å². The molecular formula is C20H18N2O2S. The monoisotopic (exact) mass is 350 g/mol. The van der Waals surface area contributed by atoms with E-state index in [4.69, 9.17) is 0 Å². The van der Waals surface area contributed by atoms with Crippen LogP contribution in [0, 0.1) is 0 Å². The van der Waals surface area contributed by atoms with Crippen molar-refractivity contribution in [2.75, 3.05) is 10.8 Å². The van der Waals surface area contributed by atoms with Crippen molar-refractivity contribution in [3.8, 4) is 0 Å². The summed E-state index contributed by atoms with van der Waals surface area (Å²) >= 11 is 0. The number of fused-ring (bicyclic) bond motifs is 2. The second-order valence-corrected chi connectivity index (χ2v) is 8.12. The van der Waals surface area contributed by atoms with Crippen LogP contribution in [0.25, 0.3) is 10.8 Å². The van der Waals surface area contributed by atoms with Crippen molar-refractivity contribution in [1.29, 1.82) is 0 Å². The molecule has 5 heteroatoms. The third kappa shape index (κ3) is 2.34. The number of hydrogen-bond donors (Lipinski definition) is 1. The standard InChI is InChI=1S/C20H18N2O2S/c23-20-17-4-2-6-19(16(17)9-11-21-20)25(24)22-12-10-15-14(13-7-8-13)3-1-5-18(15)22/h1-6,9,11,13H,7-8,10,12H2,(H,21,23). The number of anilines is 1. The summed E-state index contributed by atoms with van der Waals surface area (Å²) in [5.41, 5.74) is 3.74. The maximum atomic E-state index is 13.4. The maximum Gasteiger partial charge on any atom is 0.255 e. The number of rotatable bonds is 3. The van der Waals surface area contributed by atoms with E-state index >= 15 is 0 Å². The zero-order chi connectivity index (χ0) is 17.0. The fraction of sp³-hybridized carbons (Fsp3) is 0.250. The first-order chi connectivity index (χ1) is 12.2. The number of aromatic nitrogens is 1. The Morgan fingerprint density at radius 3 is 2.72 bits per heavy atom. The van der Waals surface area contributed by atoms with E-state index in [9.17, 15) is 9.00 Å². The molecule has 25 heavy (non-hydrogen) atoms. The van der Waals surface area contributed by atoms with E-state index in [-0.39, 0.29) is 5.56 Å². The molecule has 126 valence electrons. The van der Waals surface area contributed by atoms with Gasteiger partial charge < -0.3 is 4.98 Å². The first-order valence-electron chi connectivity index (χ1n) is 8.65. The van der Waals surface area contributed by atoms with Crippen LogP contribution in [0.5, 0.6) is 0 Å². The highest BCUT2D eigenvalue weighted by Crippen LogP contribution is 2.46. The summed E-state index contributed by atoms with van der Waals surface area (Å²) in [6.45, 7) is 0.755. The topological polar surface area (TPSA) is 53.2 Å². The number of H-pyrrole nitrogens is 1. The predicted octanol–water partition coefficient (Wildman–Crippen LogP) is 3.49. The van der Waals surface area contributed by atoms with Gasteiger partial charge in [0.25, 0.3) is 5.56 Å². The second-order valence-electron chi connectivity index (χ2n) is 6.74. The molecule has 0 spiro atoms. The average molecular weight is 350 g/mol. The summed E-state index contributed by atoms with van der Waals surface area (Å²) in [6.07, 6.45) is 5.10. The average Bonchev–Trinajstić information content (AvgIpc) is 3.39. The fourth-order valence-electron chi connectivity index (χ4n) is 3.84. The molecule has 4 nitrogen and oxygen atoms in total. The third-order valence-corrected chi connectivity index (χ3v) is 6.71. The lowest BCUT2D eigenvalue weighted by molar-refractivity contribution is 0.681. The summed E-state index contributed by atoms with van der Waals surface area (Å²) in [6, 6.07) is 13.7. The molecular weight excluding hydrogens is 332 g/mol. The minimum absolute atomic E-state index is 0.144. The Morgan fingerprint density at radius 2 is 1.88 bits per heavy atom. The molecule has 0 bridgehead atoms. The molecule has 1 aromatic heterocycles. The molecule has 0 amide bonds. The Labute approximate surface area is 148 Å². The van der Waals surface area contributed by atoms with Gasteiger partial charge in [-0.3, -0.25) is 9.10 Å². The van der Waals surface area contributed by atoms with Crippen LogP contribution < -0.4 is 9.86 Å². The van der Waals surface area contributed by atoms with E-state index in [0.717, 1.165) is 24.0 Å². The van der Waals surface area contributed by atoms with E-state index in [1.807, 2.05) is 22.5 Å². The molecule has 2 heterocycles. The Balaban J connectivity index is 1.61. The molecule has 3 aromatic rings. The summed E-state index contributed by atoms with van der Waals surface area (Å²) < 4.78 is 15.3. The molecule has 0 radical (unpaired) electrons. The molecule has 1 unspecified atom stereocenters. The van der Waals surface area contributed by atoms with Crippen LogP contribution in [0.15, 0.2) is 58.4 Å². The normalized spacial score (nSPS) is 17.7. The van der Waals surface area contributed by atoms with Crippen molar-refractivity contribution >= 4 is 27.4 Å². The number of benzene rings is 2. The Kier molecular flexibility index (Phi) is 3.31. The van der Waals surface area contributed by atoms with Crippen LogP contribution in [0.3, 0.4) is 0 Å². The zero-order valence-electron chi connectivity index (χ0n) is 13.7. The number of hydrogen-bond acceptors (Lipinski definition) is 2. The van der Waals surface area contributed by atoms with Gasteiger partial charge in [-0.1, -0.05) is 18.2 Å². The highest BCUT2D eigenvalue weighted by Gasteiger charge is 2.32. The van der Waals surface area contributed by atoms with E-state index in [1.165, 1.54) is 24.0 Å². The van der Waals surface area contributed by atoms with Gasteiger partial charge in [-0.25, -0.2) is 4.21 Å².